The van der Waals surface area contributed by atoms with Crippen molar-refractivity contribution in [3.05, 3.63) is 64.2 Å². The number of alkyl halides is 1. The van der Waals surface area contributed by atoms with E-state index in [0.29, 0.717) is 13.1 Å². The van der Waals surface area contributed by atoms with Gasteiger partial charge in [-0.1, -0.05) is 41.9 Å². The highest BCUT2D eigenvalue weighted by Crippen LogP contribution is 2.32. The Hall–Kier alpha value is -1.07. The Kier molecular flexibility index (Phi) is 3.97. The molecule has 0 spiro atoms. The van der Waals surface area contributed by atoms with Crippen molar-refractivity contribution in [3.8, 4) is 0 Å². The molecule has 0 radical (unpaired) electrons. The molecule has 1 aliphatic rings. The fourth-order valence-electron chi connectivity index (χ4n) is 2.44. The number of hydrogen-bond donors (Lipinski definition) is 0. The average molecular weight is 342 g/mol. The number of halogens is 2. The fourth-order valence-corrected chi connectivity index (χ4v) is 4.53. The summed E-state index contributed by atoms with van der Waals surface area (Å²) in [7, 11) is -3.63. The van der Waals surface area contributed by atoms with Crippen molar-refractivity contribution in [2.75, 3.05) is 0 Å². The van der Waals surface area contributed by atoms with E-state index >= 15 is 0 Å². The van der Waals surface area contributed by atoms with Gasteiger partial charge in [0, 0.05) is 19.0 Å². The standard InChI is InChI=1S/C15H13Cl2NO2S/c16-8-11-5-6-14(17)15(7-11)21(19,20)18-9-12-3-1-2-4-13(12)10-18/h1-7H,8-10H2. The molecule has 110 valence electrons. The predicted octanol–water partition coefficient (Wildman–Crippen LogP) is 3.78. The molecular weight excluding hydrogens is 329 g/mol. The Morgan fingerprint density at radius 3 is 2.24 bits per heavy atom. The van der Waals surface area contributed by atoms with E-state index in [9.17, 15) is 8.42 Å². The molecule has 2 aromatic rings. The number of benzene rings is 2. The Labute approximate surface area is 134 Å². The predicted molar refractivity (Wildman–Crippen MR) is 83.9 cm³/mol. The number of sulfonamides is 1. The zero-order valence-corrected chi connectivity index (χ0v) is 13.4. The molecule has 21 heavy (non-hydrogen) atoms. The van der Waals surface area contributed by atoms with Crippen LogP contribution >= 0.6 is 23.2 Å². The quantitative estimate of drug-likeness (QED) is 0.796. The van der Waals surface area contributed by atoms with Gasteiger partial charge in [-0.3, -0.25) is 0 Å². The summed E-state index contributed by atoms with van der Waals surface area (Å²) < 4.78 is 27.0. The van der Waals surface area contributed by atoms with Crippen LogP contribution in [0, 0.1) is 0 Å². The van der Waals surface area contributed by atoms with Gasteiger partial charge < -0.3 is 0 Å². The second-order valence-electron chi connectivity index (χ2n) is 4.94. The van der Waals surface area contributed by atoms with Crippen LogP contribution in [0.1, 0.15) is 16.7 Å². The fraction of sp³-hybridized carbons (Fsp3) is 0.200. The van der Waals surface area contributed by atoms with Gasteiger partial charge in [-0.2, -0.15) is 4.31 Å². The molecule has 0 unspecified atom stereocenters. The first kappa shape index (κ1) is 14.9. The summed E-state index contributed by atoms with van der Waals surface area (Å²) in [5.41, 5.74) is 2.80. The van der Waals surface area contributed by atoms with Gasteiger partial charge in [0.05, 0.1) is 5.02 Å². The van der Waals surface area contributed by atoms with E-state index in [4.69, 9.17) is 23.2 Å². The van der Waals surface area contributed by atoms with Crippen molar-refractivity contribution < 1.29 is 8.42 Å². The minimum Gasteiger partial charge on any atom is -0.207 e. The van der Waals surface area contributed by atoms with Gasteiger partial charge in [-0.05, 0) is 28.8 Å². The van der Waals surface area contributed by atoms with Gasteiger partial charge in [0.25, 0.3) is 0 Å². The Morgan fingerprint density at radius 2 is 1.67 bits per heavy atom. The third-order valence-electron chi connectivity index (χ3n) is 3.58. The van der Waals surface area contributed by atoms with Gasteiger partial charge >= 0.3 is 0 Å². The van der Waals surface area contributed by atoms with Gasteiger partial charge in [0.1, 0.15) is 4.90 Å². The molecule has 6 heteroatoms. The van der Waals surface area contributed by atoms with Crippen LogP contribution in [-0.2, 0) is 29.0 Å². The third-order valence-corrected chi connectivity index (χ3v) is 6.16. The first-order valence-electron chi connectivity index (χ1n) is 6.43. The van der Waals surface area contributed by atoms with Crippen LogP contribution in [0.4, 0.5) is 0 Å². The van der Waals surface area contributed by atoms with Gasteiger partial charge in [0.2, 0.25) is 10.0 Å². The summed E-state index contributed by atoms with van der Waals surface area (Å²) in [6.45, 7) is 0.750. The molecule has 2 aromatic carbocycles. The lowest BCUT2D eigenvalue weighted by atomic mass is 10.1. The maximum Gasteiger partial charge on any atom is 0.245 e. The molecule has 0 saturated heterocycles. The van der Waals surface area contributed by atoms with Gasteiger partial charge in [0.15, 0.2) is 0 Å². The third kappa shape index (κ3) is 2.69. The van der Waals surface area contributed by atoms with Crippen molar-refractivity contribution in [3.63, 3.8) is 0 Å². The molecule has 1 heterocycles. The van der Waals surface area contributed by atoms with E-state index in [1.807, 2.05) is 24.3 Å². The van der Waals surface area contributed by atoms with Crippen molar-refractivity contribution in [2.45, 2.75) is 23.9 Å². The second-order valence-corrected chi connectivity index (χ2v) is 7.52. The number of rotatable bonds is 3. The first-order valence-corrected chi connectivity index (χ1v) is 8.79. The summed E-state index contributed by atoms with van der Waals surface area (Å²) in [5.74, 6) is 0.250. The van der Waals surface area contributed by atoms with E-state index in [2.05, 4.69) is 0 Å². The molecule has 0 amide bonds. The minimum absolute atomic E-state index is 0.120. The molecule has 3 rings (SSSR count). The highest BCUT2D eigenvalue weighted by Gasteiger charge is 2.31. The van der Waals surface area contributed by atoms with Crippen LogP contribution in [0.15, 0.2) is 47.4 Å². The molecule has 0 N–H and O–H groups in total. The van der Waals surface area contributed by atoms with Crippen LogP contribution in [0.5, 0.6) is 0 Å². The van der Waals surface area contributed by atoms with Crippen molar-refractivity contribution in [1.29, 1.82) is 0 Å². The van der Waals surface area contributed by atoms with Crippen LogP contribution < -0.4 is 0 Å². The molecular formula is C15H13Cl2NO2S. The van der Waals surface area contributed by atoms with E-state index < -0.39 is 10.0 Å². The van der Waals surface area contributed by atoms with Crippen LogP contribution in [-0.4, -0.2) is 12.7 Å². The summed E-state index contributed by atoms with van der Waals surface area (Å²) in [4.78, 5) is 0.120. The lowest BCUT2D eigenvalue weighted by molar-refractivity contribution is 0.431. The van der Waals surface area contributed by atoms with Crippen LogP contribution in [0.25, 0.3) is 0 Å². The van der Waals surface area contributed by atoms with Crippen molar-refractivity contribution >= 4 is 33.2 Å². The van der Waals surface area contributed by atoms with Crippen molar-refractivity contribution in [2.24, 2.45) is 0 Å². The summed E-state index contributed by atoms with van der Waals surface area (Å²) in [6.07, 6.45) is 0. The monoisotopic (exact) mass is 341 g/mol. The van der Waals surface area contributed by atoms with E-state index in [-0.39, 0.29) is 15.8 Å². The molecule has 0 aromatic heterocycles. The SMILES string of the molecule is O=S(=O)(c1cc(CCl)ccc1Cl)N1Cc2ccccc2C1. The zero-order chi connectivity index (χ0) is 15.0. The smallest absolute Gasteiger partial charge is 0.207 e. The Bertz CT molecular complexity index is 765. The average Bonchev–Trinajstić information content (AvgIpc) is 2.92. The molecule has 0 aliphatic carbocycles. The zero-order valence-electron chi connectivity index (χ0n) is 11.1. The van der Waals surface area contributed by atoms with Gasteiger partial charge in [-0.25, -0.2) is 8.42 Å². The molecule has 0 bridgehead atoms. The molecule has 0 atom stereocenters. The van der Waals surface area contributed by atoms with Crippen LogP contribution in [0.3, 0.4) is 0 Å². The molecule has 1 aliphatic heterocycles. The molecule has 3 nitrogen and oxygen atoms in total. The normalized spacial score (nSPS) is 15.1. The topological polar surface area (TPSA) is 37.4 Å². The van der Waals surface area contributed by atoms with E-state index in [0.717, 1.165) is 16.7 Å². The Balaban J connectivity index is 2.00. The molecule has 0 fully saturated rings. The number of fused-ring (bicyclic) bond motifs is 1. The minimum atomic E-state index is -3.63. The summed E-state index contributed by atoms with van der Waals surface area (Å²) in [6, 6.07) is 12.6. The van der Waals surface area contributed by atoms with Crippen LogP contribution in [0.2, 0.25) is 5.02 Å². The van der Waals surface area contributed by atoms with Crippen molar-refractivity contribution in [1.82, 2.24) is 4.31 Å². The maximum atomic E-state index is 12.8. The maximum absolute atomic E-state index is 12.8. The summed E-state index contributed by atoms with van der Waals surface area (Å²) in [5, 5.41) is 0.222. The summed E-state index contributed by atoms with van der Waals surface area (Å²) >= 11 is 11.9. The van der Waals surface area contributed by atoms with Gasteiger partial charge in [-0.15, -0.1) is 11.6 Å². The highest BCUT2D eigenvalue weighted by molar-refractivity contribution is 7.89. The first-order chi connectivity index (χ1) is 10.0. The second kappa shape index (κ2) is 5.61. The van der Waals surface area contributed by atoms with E-state index in [1.165, 1.54) is 4.31 Å². The molecule has 0 saturated carbocycles. The number of nitrogens with zero attached hydrogens (tertiary/aromatic N) is 1. The van der Waals surface area contributed by atoms with E-state index in [1.54, 1.807) is 18.2 Å². The Morgan fingerprint density at radius 1 is 1.05 bits per heavy atom. The highest BCUT2D eigenvalue weighted by atomic mass is 35.5. The largest absolute Gasteiger partial charge is 0.245 e. The lowest BCUT2D eigenvalue weighted by Crippen LogP contribution is -2.26. The number of hydrogen-bond acceptors (Lipinski definition) is 2. The lowest BCUT2D eigenvalue weighted by Gasteiger charge is -2.17.